The third kappa shape index (κ3) is 2.65. The molecule has 7 heteroatoms. The number of para-hydroxylation sites is 1. The summed E-state index contributed by atoms with van der Waals surface area (Å²) in [7, 11) is 0. The van der Waals surface area contributed by atoms with Gasteiger partial charge in [0.2, 0.25) is 5.91 Å². The van der Waals surface area contributed by atoms with Crippen LogP contribution in [0.15, 0.2) is 42.1 Å². The summed E-state index contributed by atoms with van der Waals surface area (Å²) in [6, 6.07) is 7.37. The molecule has 1 amide bonds. The second-order valence-corrected chi connectivity index (χ2v) is 6.37. The lowest BCUT2D eigenvalue weighted by molar-refractivity contribution is -0.772. The Hall–Kier alpha value is -2.41. The minimum absolute atomic E-state index is 0.0844. The summed E-state index contributed by atoms with van der Waals surface area (Å²) in [5.74, 6) is 0.201. The molecule has 1 aliphatic rings. The van der Waals surface area contributed by atoms with Gasteiger partial charge in [-0.05, 0) is 12.1 Å². The molecule has 1 aromatic heterocycles. The first kappa shape index (κ1) is 16.4. The minimum atomic E-state index is -0.341. The van der Waals surface area contributed by atoms with E-state index in [-0.39, 0.29) is 18.0 Å². The van der Waals surface area contributed by atoms with E-state index in [4.69, 9.17) is 0 Å². The van der Waals surface area contributed by atoms with Crippen LogP contribution >= 0.6 is 11.8 Å². The van der Waals surface area contributed by atoms with Gasteiger partial charge in [0, 0.05) is 24.2 Å². The fourth-order valence-corrected chi connectivity index (χ4v) is 3.50. The molecular weight excluding hydrogens is 324 g/mol. The van der Waals surface area contributed by atoms with Gasteiger partial charge in [0.1, 0.15) is 0 Å². The average molecular weight is 342 g/mol. The molecule has 1 unspecified atom stereocenters. The first-order chi connectivity index (χ1) is 11.6. The first-order valence-corrected chi connectivity index (χ1v) is 8.70. The van der Waals surface area contributed by atoms with Crippen molar-refractivity contribution in [3.05, 3.63) is 36.9 Å². The van der Waals surface area contributed by atoms with Crippen LogP contribution in [-0.2, 0) is 4.79 Å². The van der Waals surface area contributed by atoms with E-state index in [9.17, 15) is 9.90 Å². The number of hydrogen-bond donors (Lipinski definition) is 0. The van der Waals surface area contributed by atoms with Crippen molar-refractivity contribution in [3.63, 3.8) is 0 Å². The van der Waals surface area contributed by atoms with Crippen molar-refractivity contribution < 1.29 is 14.6 Å². The zero-order chi connectivity index (χ0) is 17.3. The highest BCUT2D eigenvalue weighted by atomic mass is 32.2. The smallest absolute Gasteiger partial charge is 0.266 e. The largest absolute Gasteiger partial charge is 0.854 e. The summed E-state index contributed by atoms with van der Waals surface area (Å²) < 4.78 is 1.64. The highest BCUT2D eigenvalue weighted by Gasteiger charge is 2.41. The maximum absolute atomic E-state index is 12.6. The van der Waals surface area contributed by atoms with Crippen LogP contribution in [0.1, 0.15) is 26.4 Å². The Morgan fingerprint density at radius 1 is 1.50 bits per heavy atom. The molecule has 0 bridgehead atoms. The molecule has 2 aromatic rings. The Balaban J connectivity index is 2.25. The Labute approximate surface area is 144 Å². The van der Waals surface area contributed by atoms with E-state index in [1.54, 1.807) is 15.7 Å². The number of thioether (sulfide) groups is 1. The van der Waals surface area contributed by atoms with Gasteiger partial charge >= 0.3 is 0 Å². The second kappa shape index (κ2) is 6.60. The predicted octanol–water partition coefficient (Wildman–Crippen LogP) is 2.06. The number of hydrogen-bond acceptors (Lipinski definition) is 5. The molecular formula is C17H18N4O2S. The SMILES string of the molecule is C=CCSc1nc([O-])c2[n+](n1)C(CC)N(C(C)=O)c1ccccc1-2. The van der Waals surface area contributed by atoms with Crippen molar-refractivity contribution in [2.24, 2.45) is 0 Å². The molecule has 0 saturated heterocycles. The molecule has 1 aliphatic heterocycles. The Morgan fingerprint density at radius 2 is 2.25 bits per heavy atom. The molecule has 0 aliphatic carbocycles. The van der Waals surface area contributed by atoms with Gasteiger partial charge in [-0.25, -0.2) is 4.98 Å². The van der Waals surface area contributed by atoms with E-state index in [2.05, 4.69) is 16.7 Å². The number of amides is 1. The van der Waals surface area contributed by atoms with Crippen LogP contribution in [0.2, 0.25) is 0 Å². The summed E-state index contributed by atoms with van der Waals surface area (Å²) in [5.41, 5.74) is 1.84. The highest BCUT2D eigenvalue weighted by Crippen LogP contribution is 2.39. The topological polar surface area (TPSA) is 73.0 Å². The first-order valence-electron chi connectivity index (χ1n) is 7.72. The number of anilines is 1. The quantitative estimate of drug-likeness (QED) is 0.483. The van der Waals surface area contributed by atoms with Crippen molar-refractivity contribution in [1.82, 2.24) is 10.1 Å². The van der Waals surface area contributed by atoms with Crippen molar-refractivity contribution in [3.8, 4) is 17.1 Å². The van der Waals surface area contributed by atoms with Gasteiger partial charge < -0.3 is 5.11 Å². The normalized spacial score (nSPS) is 15.6. The van der Waals surface area contributed by atoms with E-state index in [1.165, 1.54) is 18.7 Å². The van der Waals surface area contributed by atoms with Crippen molar-refractivity contribution in [2.75, 3.05) is 10.7 Å². The lowest BCUT2D eigenvalue weighted by Gasteiger charge is -2.32. The number of aromatic nitrogens is 3. The lowest BCUT2D eigenvalue weighted by atomic mass is 10.0. The minimum Gasteiger partial charge on any atom is -0.854 e. The molecule has 2 heterocycles. The molecule has 0 saturated carbocycles. The fourth-order valence-electron chi connectivity index (χ4n) is 2.94. The molecule has 1 atom stereocenters. The van der Waals surface area contributed by atoms with Crippen molar-refractivity contribution in [1.29, 1.82) is 0 Å². The van der Waals surface area contributed by atoms with Gasteiger partial charge in [-0.1, -0.05) is 41.6 Å². The molecule has 3 rings (SSSR count). The monoisotopic (exact) mass is 342 g/mol. The Morgan fingerprint density at radius 3 is 2.92 bits per heavy atom. The number of nitrogens with zero attached hydrogens (tertiary/aromatic N) is 4. The average Bonchev–Trinajstić information content (AvgIpc) is 2.57. The molecule has 24 heavy (non-hydrogen) atoms. The molecule has 0 N–H and O–H groups in total. The Bertz CT molecular complexity index is 809. The zero-order valence-electron chi connectivity index (χ0n) is 13.6. The van der Waals surface area contributed by atoms with Gasteiger partial charge in [-0.2, -0.15) is 0 Å². The van der Waals surface area contributed by atoms with E-state index in [1.807, 2.05) is 31.2 Å². The van der Waals surface area contributed by atoms with Crippen LogP contribution in [-0.4, -0.2) is 21.7 Å². The van der Waals surface area contributed by atoms with Crippen LogP contribution in [0, 0.1) is 0 Å². The van der Waals surface area contributed by atoms with E-state index in [0.717, 1.165) is 5.69 Å². The number of benzene rings is 1. The molecule has 0 spiro atoms. The number of carbonyl (C=O) groups is 1. The van der Waals surface area contributed by atoms with Crippen LogP contribution in [0.4, 0.5) is 5.69 Å². The standard InChI is InChI=1S/C17H18N4O2S/c1-4-10-24-17-18-16(23)15-12-8-6-7-9-13(12)20(11(3)22)14(5-2)21(15)19-17/h4,6-9,14H,1,5,10H2,2-3H3. The molecule has 0 radical (unpaired) electrons. The summed E-state index contributed by atoms with van der Waals surface area (Å²) in [5, 5.41) is 17.5. The lowest BCUT2D eigenvalue weighted by Crippen LogP contribution is -2.58. The molecule has 6 nitrogen and oxygen atoms in total. The van der Waals surface area contributed by atoms with E-state index in [0.29, 0.717) is 28.6 Å². The van der Waals surface area contributed by atoms with Gasteiger partial charge in [-0.15, -0.1) is 6.58 Å². The fraction of sp³-hybridized carbons (Fsp3) is 0.294. The van der Waals surface area contributed by atoms with Crippen LogP contribution in [0.3, 0.4) is 0 Å². The van der Waals surface area contributed by atoms with Crippen molar-refractivity contribution in [2.45, 2.75) is 31.6 Å². The van der Waals surface area contributed by atoms with Crippen molar-refractivity contribution >= 4 is 23.4 Å². The Kier molecular flexibility index (Phi) is 4.53. The number of fused-ring (bicyclic) bond motifs is 3. The van der Waals surface area contributed by atoms with Crippen LogP contribution in [0.5, 0.6) is 5.88 Å². The van der Waals surface area contributed by atoms with Crippen LogP contribution < -0.4 is 14.7 Å². The van der Waals surface area contributed by atoms with Gasteiger partial charge in [0.25, 0.3) is 17.0 Å². The van der Waals surface area contributed by atoms with E-state index < -0.39 is 0 Å². The predicted molar refractivity (Wildman–Crippen MR) is 90.5 cm³/mol. The van der Waals surface area contributed by atoms with Gasteiger partial charge in [-0.3, -0.25) is 9.69 Å². The van der Waals surface area contributed by atoms with E-state index >= 15 is 0 Å². The molecule has 1 aromatic carbocycles. The molecule has 0 fully saturated rings. The summed E-state index contributed by atoms with van der Waals surface area (Å²) in [6.07, 6.45) is 2.02. The zero-order valence-corrected chi connectivity index (χ0v) is 14.4. The summed E-state index contributed by atoms with van der Waals surface area (Å²) in [6.45, 7) is 7.16. The highest BCUT2D eigenvalue weighted by molar-refractivity contribution is 7.99. The van der Waals surface area contributed by atoms with Crippen LogP contribution in [0.25, 0.3) is 11.3 Å². The maximum atomic E-state index is 12.6. The summed E-state index contributed by atoms with van der Waals surface area (Å²) in [4.78, 5) is 18.0. The number of carbonyl (C=O) groups excluding carboxylic acids is 1. The number of rotatable bonds is 4. The maximum Gasteiger partial charge on any atom is 0.266 e. The third-order valence-corrected chi connectivity index (χ3v) is 4.69. The second-order valence-electron chi connectivity index (χ2n) is 5.39. The molecule has 124 valence electrons. The third-order valence-electron chi connectivity index (χ3n) is 3.86. The van der Waals surface area contributed by atoms with Gasteiger partial charge in [0.05, 0.1) is 17.1 Å². The van der Waals surface area contributed by atoms with Gasteiger partial charge in [0.15, 0.2) is 0 Å². The summed E-state index contributed by atoms with van der Waals surface area (Å²) >= 11 is 1.35.